The van der Waals surface area contributed by atoms with E-state index in [1.807, 2.05) is 0 Å². The average Bonchev–Trinajstić information content (AvgIpc) is 2.38. The fourth-order valence-corrected chi connectivity index (χ4v) is 2.29. The highest BCUT2D eigenvalue weighted by Gasteiger charge is 2.15. The summed E-state index contributed by atoms with van der Waals surface area (Å²) < 4.78 is 5.41. The van der Waals surface area contributed by atoms with Gasteiger partial charge in [-0.2, -0.15) is 0 Å². The fourth-order valence-electron chi connectivity index (χ4n) is 2.29. The second-order valence-electron chi connectivity index (χ2n) is 4.82. The van der Waals surface area contributed by atoms with Crippen molar-refractivity contribution in [2.75, 3.05) is 20.2 Å². The molecule has 0 amide bonds. The SMILES string of the molecule is CCNCCCc1c(C)nc(C(CC)OC)nc1C. The Morgan fingerprint density at radius 3 is 2.26 bits per heavy atom. The molecule has 0 aromatic carbocycles. The Bertz CT molecular complexity index is 366. The maximum absolute atomic E-state index is 5.41. The average molecular weight is 265 g/mol. The Hall–Kier alpha value is -1.00. The van der Waals surface area contributed by atoms with Gasteiger partial charge < -0.3 is 10.1 Å². The summed E-state index contributed by atoms with van der Waals surface area (Å²) in [6, 6.07) is 0. The minimum absolute atomic E-state index is 0.00760. The molecule has 1 aromatic heterocycles. The van der Waals surface area contributed by atoms with E-state index in [1.165, 1.54) is 5.56 Å². The van der Waals surface area contributed by atoms with Crippen molar-refractivity contribution < 1.29 is 4.74 Å². The van der Waals surface area contributed by atoms with Crippen LogP contribution in [0, 0.1) is 13.8 Å². The van der Waals surface area contributed by atoms with Crippen molar-refractivity contribution in [3.05, 3.63) is 22.8 Å². The Kier molecular flexibility index (Phi) is 6.95. The fraction of sp³-hybridized carbons (Fsp3) is 0.733. The molecule has 0 radical (unpaired) electrons. The van der Waals surface area contributed by atoms with Gasteiger partial charge in [-0.1, -0.05) is 13.8 Å². The second kappa shape index (κ2) is 8.23. The second-order valence-corrected chi connectivity index (χ2v) is 4.82. The third kappa shape index (κ3) is 4.55. The van der Waals surface area contributed by atoms with E-state index in [1.54, 1.807) is 7.11 Å². The lowest BCUT2D eigenvalue weighted by atomic mass is 10.1. The zero-order valence-electron chi connectivity index (χ0n) is 12.9. The molecule has 0 spiro atoms. The molecule has 4 nitrogen and oxygen atoms in total. The van der Waals surface area contributed by atoms with Crippen LogP contribution < -0.4 is 5.32 Å². The van der Waals surface area contributed by atoms with Crippen LogP contribution in [0.3, 0.4) is 0 Å². The van der Waals surface area contributed by atoms with Gasteiger partial charge in [0.25, 0.3) is 0 Å². The van der Waals surface area contributed by atoms with Crippen molar-refractivity contribution in [1.82, 2.24) is 15.3 Å². The highest BCUT2D eigenvalue weighted by Crippen LogP contribution is 2.20. The number of nitrogens with zero attached hydrogens (tertiary/aromatic N) is 2. The van der Waals surface area contributed by atoms with Crippen molar-refractivity contribution in [2.45, 2.75) is 53.1 Å². The van der Waals surface area contributed by atoms with E-state index in [4.69, 9.17) is 4.74 Å². The lowest BCUT2D eigenvalue weighted by molar-refractivity contribution is 0.0922. The maximum atomic E-state index is 5.41. The molecule has 0 aliphatic heterocycles. The standard InChI is InChI=1S/C15H27N3O/c1-6-14(19-5)15-17-11(3)13(12(4)18-15)9-8-10-16-7-2/h14,16H,6-10H2,1-5H3. The number of methoxy groups -OCH3 is 1. The Morgan fingerprint density at radius 2 is 1.79 bits per heavy atom. The topological polar surface area (TPSA) is 47.0 Å². The molecule has 1 unspecified atom stereocenters. The van der Waals surface area contributed by atoms with Gasteiger partial charge in [0.05, 0.1) is 0 Å². The summed E-state index contributed by atoms with van der Waals surface area (Å²) in [6.07, 6.45) is 3.07. The van der Waals surface area contributed by atoms with Crippen LogP contribution in [0.1, 0.15) is 55.6 Å². The van der Waals surface area contributed by atoms with Crippen LogP contribution in [0.25, 0.3) is 0 Å². The van der Waals surface area contributed by atoms with Gasteiger partial charge in [-0.15, -0.1) is 0 Å². The molecule has 1 N–H and O–H groups in total. The molecule has 19 heavy (non-hydrogen) atoms. The molecule has 0 bridgehead atoms. The van der Waals surface area contributed by atoms with E-state index in [0.29, 0.717) is 0 Å². The Morgan fingerprint density at radius 1 is 1.16 bits per heavy atom. The number of aryl methyl sites for hydroxylation is 2. The molecular formula is C15H27N3O. The van der Waals surface area contributed by atoms with E-state index in [-0.39, 0.29) is 6.10 Å². The highest BCUT2D eigenvalue weighted by molar-refractivity contribution is 5.25. The van der Waals surface area contributed by atoms with E-state index in [2.05, 4.69) is 43.0 Å². The molecule has 0 fully saturated rings. The number of hydrogen-bond donors (Lipinski definition) is 1. The molecule has 0 aliphatic carbocycles. The minimum Gasteiger partial charge on any atom is -0.373 e. The molecule has 1 heterocycles. The third-order valence-electron chi connectivity index (χ3n) is 3.41. The lowest BCUT2D eigenvalue weighted by Gasteiger charge is -2.15. The van der Waals surface area contributed by atoms with Gasteiger partial charge in [-0.3, -0.25) is 0 Å². The number of rotatable bonds is 8. The van der Waals surface area contributed by atoms with Crippen LogP contribution in [0.15, 0.2) is 0 Å². The van der Waals surface area contributed by atoms with Crippen molar-refractivity contribution >= 4 is 0 Å². The first-order chi connectivity index (χ1) is 9.13. The summed E-state index contributed by atoms with van der Waals surface area (Å²) >= 11 is 0. The largest absolute Gasteiger partial charge is 0.373 e. The summed E-state index contributed by atoms with van der Waals surface area (Å²) in [7, 11) is 1.71. The third-order valence-corrected chi connectivity index (χ3v) is 3.41. The molecule has 4 heteroatoms. The Balaban J connectivity index is 2.79. The number of nitrogens with one attached hydrogen (secondary N) is 1. The molecule has 1 rings (SSSR count). The summed E-state index contributed by atoms with van der Waals surface area (Å²) in [4.78, 5) is 9.24. The maximum Gasteiger partial charge on any atom is 0.157 e. The van der Waals surface area contributed by atoms with Gasteiger partial charge in [0.2, 0.25) is 0 Å². The summed E-state index contributed by atoms with van der Waals surface area (Å²) in [5.74, 6) is 0.815. The molecule has 0 saturated carbocycles. The molecular weight excluding hydrogens is 238 g/mol. The van der Waals surface area contributed by atoms with Crippen molar-refractivity contribution in [1.29, 1.82) is 0 Å². The smallest absolute Gasteiger partial charge is 0.157 e. The highest BCUT2D eigenvalue weighted by atomic mass is 16.5. The first-order valence-electron chi connectivity index (χ1n) is 7.21. The minimum atomic E-state index is 0.00760. The first kappa shape index (κ1) is 16.1. The number of hydrogen-bond acceptors (Lipinski definition) is 4. The van der Waals surface area contributed by atoms with Crippen LogP contribution in [0.4, 0.5) is 0 Å². The molecule has 0 saturated heterocycles. The van der Waals surface area contributed by atoms with Gasteiger partial charge in [-0.05, 0) is 51.8 Å². The van der Waals surface area contributed by atoms with Gasteiger partial charge >= 0.3 is 0 Å². The summed E-state index contributed by atoms with van der Waals surface area (Å²) in [5.41, 5.74) is 3.47. The quantitative estimate of drug-likeness (QED) is 0.734. The van der Waals surface area contributed by atoms with Gasteiger partial charge in [0.15, 0.2) is 5.82 Å². The van der Waals surface area contributed by atoms with Crippen LogP contribution in [0.5, 0.6) is 0 Å². The zero-order valence-corrected chi connectivity index (χ0v) is 12.9. The molecule has 108 valence electrons. The zero-order chi connectivity index (χ0) is 14.3. The van der Waals surface area contributed by atoms with Crippen LogP contribution in [-0.4, -0.2) is 30.2 Å². The van der Waals surface area contributed by atoms with Crippen molar-refractivity contribution in [2.24, 2.45) is 0 Å². The van der Waals surface area contributed by atoms with Gasteiger partial charge in [0, 0.05) is 18.5 Å². The summed E-state index contributed by atoms with van der Waals surface area (Å²) in [5, 5.41) is 3.34. The number of aromatic nitrogens is 2. The van der Waals surface area contributed by atoms with Gasteiger partial charge in [-0.25, -0.2) is 9.97 Å². The van der Waals surface area contributed by atoms with Crippen molar-refractivity contribution in [3.63, 3.8) is 0 Å². The molecule has 0 aliphatic rings. The van der Waals surface area contributed by atoms with Gasteiger partial charge in [0.1, 0.15) is 6.10 Å². The Labute approximate surface area is 117 Å². The van der Waals surface area contributed by atoms with Crippen molar-refractivity contribution in [3.8, 4) is 0 Å². The number of ether oxygens (including phenoxy) is 1. The van der Waals surface area contributed by atoms with Crippen LogP contribution >= 0.6 is 0 Å². The van der Waals surface area contributed by atoms with E-state index in [9.17, 15) is 0 Å². The predicted octanol–water partition coefficient (Wildman–Crippen LogP) is 2.73. The lowest BCUT2D eigenvalue weighted by Crippen LogP contribution is -2.16. The molecule has 1 aromatic rings. The van der Waals surface area contributed by atoms with Crippen LogP contribution in [0.2, 0.25) is 0 Å². The van der Waals surface area contributed by atoms with Crippen LogP contribution in [-0.2, 0) is 11.2 Å². The van der Waals surface area contributed by atoms with E-state index in [0.717, 1.165) is 49.6 Å². The predicted molar refractivity (Wildman–Crippen MR) is 78.4 cm³/mol. The normalized spacial score (nSPS) is 12.7. The monoisotopic (exact) mass is 265 g/mol. The van der Waals surface area contributed by atoms with E-state index < -0.39 is 0 Å². The van der Waals surface area contributed by atoms with E-state index >= 15 is 0 Å². The summed E-state index contributed by atoms with van der Waals surface area (Å²) in [6.45, 7) is 10.4. The molecule has 1 atom stereocenters. The first-order valence-corrected chi connectivity index (χ1v) is 7.21.